The van der Waals surface area contributed by atoms with Crippen LogP contribution in [-0.4, -0.2) is 29.5 Å². The molecule has 0 saturated heterocycles. The predicted octanol–water partition coefficient (Wildman–Crippen LogP) is 2.77. The average molecular weight is 527 g/mol. The molecule has 4 rings (SSSR count). The number of hydrogen-bond donors (Lipinski definition) is 0. The second-order valence-electron chi connectivity index (χ2n) is 5.91. The molecule has 0 radical (unpaired) electrons. The number of hydrogen-bond acceptors (Lipinski definition) is 4. The van der Waals surface area contributed by atoms with Gasteiger partial charge in [-0.15, -0.1) is 12.1 Å². The van der Waals surface area contributed by atoms with E-state index in [0.717, 1.165) is 0 Å². The molecular formula is C19H16N6Pt. The third kappa shape index (κ3) is 3.37. The van der Waals surface area contributed by atoms with E-state index >= 15 is 0 Å². The van der Waals surface area contributed by atoms with Crippen molar-refractivity contribution in [3.63, 3.8) is 0 Å². The zero-order chi connectivity index (χ0) is 20.8. The summed E-state index contributed by atoms with van der Waals surface area (Å²) in [5.41, 5.74) is 0.842. The summed E-state index contributed by atoms with van der Waals surface area (Å²) >= 11 is 0. The number of pyridine rings is 2. The molecule has 0 amide bonds. The zero-order valence-electron chi connectivity index (χ0n) is 18.0. The van der Waals surface area contributed by atoms with Crippen molar-refractivity contribution in [2.24, 2.45) is 0 Å². The molecule has 26 heavy (non-hydrogen) atoms. The van der Waals surface area contributed by atoms with Crippen LogP contribution in [0.5, 0.6) is 0 Å². The molecule has 132 valence electrons. The van der Waals surface area contributed by atoms with Crippen LogP contribution in [0.25, 0.3) is 11.6 Å². The largest absolute Gasteiger partial charge is 2.00 e. The molecule has 0 N–H and O–H groups in total. The minimum Gasteiger partial charge on any atom is -0.344 e. The van der Waals surface area contributed by atoms with E-state index in [-0.39, 0.29) is 45.5 Å². The van der Waals surface area contributed by atoms with Crippen LogP contribution in [0.15, 0.2) is 60.8 Å². The second kappa shape index (κ2) is 7.34. The smallest absolute Gasteiger partial charge is 0.344 e. The molecule has 0 aliphatic heterocycles. The Morgan fingerprint density at radius 2 is 1.31 bits per heavy atom. The SMILES string of the molecule is [2H]c1[c-]n(-c2cccc(C(C)(C)c3cccc(-n4[c-]c([2H])c([2H])n4)n3)n2)nc1[2H].[Pt+2]. The van der Waals surface area contributed by atoms with E-state index in [4.69, 9.17) is 5.48 Å². The van der Waals surface area contributed by atoms with Crippen LogP contribution < -0.4 is 0 Å². The van der Waals surface area contributed by atoms with Gasteiger partial charge in [-0.1, -0.05) is 49.0 Å². The van der Waals surface area contributed by atoms with Gasteiger partial charge in [0.15, 0.2) is 0 Å². The molecule has 0 aliphatic carbocycles. The molecule has 0 fully saturated rings. The molecule has 0 saturated carbocycles. The molecule has 0 bridgehead atoms. The summed E-state index contributed by atoms with van der Waals surface area (Å²) in [5, 5.41) is 7.90. The third-order valence-corrected chi connectivity index (χ3v) is 3.92. The molecule has 4 aromatic rings. The van der Waals surface area contributed by atoms with Crippen LogP contribution >= 0.6 is 0 Å². The van der Waals surface area contributed by atoms with Crippen molar-refractivity contribution in [1.29, 1.82) is 0 Å². The van der Waals surface area contributed by atoms with Gasteiger partial charge >= 0.3 is 21.1 Å². The Labute approximate surface area is 171 Å². The van der Waals surface area contributed by atoms with E-state index in [9.17, 15) is 0 Å². The number of aromatic nitrogens is 6. The van der Waals surface area contributed by atoms with Crippen LogP contribution in [0.2, 0.25) is 0 Å². The van der Waals surface area contributed by atoms with Crippen molar-refractivity contribution in [1.82, 2.24) is 29.5 Å². The van der Waals surface area contributed by atoms with Crippen LogP contribution in [0.3, 0.4) is 0 Å². The van der Waals surface area contributed by atoms with Gasteiger partial charge in [0, 0.05) is 19.5 Å². The van der Waals surface area contributed by atoms with E-state index in [1.54, 1.807) is 12.1 Å². The summed E-state index contributed by atoms with van der Waals surface area (Å²) in [6.07, 6.45) is 5.02. The van der Waals surface area contributed by atoms with Crippen LogP contribution in [0.1, 0.15) is 30.7 Å². The van der Waals surface area contributed by atoms with Gasteiger partial charge in [-0.25, -0.2) is 0 Å². The fourth-order valence-corrected chi connectivity index (χ4v) is 2.48. The maximum Gasteiger partial charge on any atom is 2.00 e. The van der Waals surface area contributed by atoms with Crippen molar-refractivity contribution in [2.75, 3.05) is 0 Å². The molecule has 4 aromatic heterocycles. The van der Waals surface area contributed by atoms with E-state index < -0.39 is 5.41 Å². The Bertz CT molecular complexity index is 1070. The summed E-state index contributed by atoms with van der Waals surface area (Å²) in [4.78, 5) is 9.28. The first-order valence-corrected chi connectivity index (χ1v) is 7.62. The van der Waals surface area contributed by atoms with E-state index in [0.29, 0.717) is 23.0 Å². The van der Waals surface area contributed by atoms with Gasteiger partial charge in [0.2, 0.25) is 0 Å². The van der Waals surface area contributed by atoms with Gasteiger partial charge < -0.3 is 9.36 Å². The molecule has 6 nitrogen and oxygen atoms in total. The van der Waals surface area contributed by atoms with Crippen molar-refractivity contribution in [2.45, 2.75) is 19.3 Å². The summed E-state index contributed by atoms with van der Waals surface area (Å²) in [5.74, 6) is 0.911. The average Bonchev–Trinajstić information content (AvgIpc) is 3.23. The summed E-state index contributed by atoms with van der Waals surface area (Å²) in [7, 11) is 0. The molecule has 0 aromatic carbocycles. The predicted molar refractivity (Wildman–Crippen MR) is 92.5 cm³/mol. The van der Waals surface area contributed by atoms with Crippen molar-refractivity contribution in [3.8, 4) is 11.6 Å². The Morgan fingerprint density at radius 1 is 0.846 bits per heavy atom. The summed E-state index contributed by atoms with van der Waals surface area (Å²) in [6, 6.07) is 10.7. The van der Waals surface area contributed by atoms with E-state index in [2.05, 4.69) is 32.6 Å². The van der Waals surface area contributed by atoms with Gasteiger partial charge in [0.1, 0.15) is 0 Å². The standard InChI is InChI=1S/C19H16N6.Pt/c1-19(2,15-7-3-9-17(22-15)24-13-5-11-20-24)16-8-4-10-18(23-16)25-14-6-12-21-25;/h3-12H,1-2H3;/q-2;+2/i5D,6D,11D,12D;. The molecular weight excluding hydrogens is 507 g/mol. The Kier molecular flexibility index (Phi) is 3.84. The molecule has 4 heterocycles. The number of rotatable bonds is 4. The van der Waals surface area contributed by atoms with Gasteiger partial charge in [-0.2, -0.15) is 0 Å². The summed E-state index contributed by atoms with van der Waals surface area (Å²) in [6.45, 7) is 3.95. The van der Waals surface area contributed by atoms with Gasteiger partial charge in [-0.05, 0) is 28.7 Å². The molecule has 0 aliphatic rings. The normalized spacial score (nSPS) is 13.3. The van der Waals surface area contributed by atoms with Gasteiger partial charge in [0.25, 0.3) is 0 Å². The monoisotopic (exact) mass is 527 g/mol. The number of nitrogens with zero attached hydrogens (tertiary/aromatic N) is 6. The Hall–Kier alpha value is -2.59. The molecule has 0 atom stereocenters. The quantitative estimate of drug-likeness (QED) is 0.383. The first-order chi connectivity index (χ1) is 13.8. The maximum absolute atomic E-state index is 7.62. The Morgan fingerprint density at radius 3 is 1.69 bits per heavy atom. The maximum atomic E-state index is 7.62. The first-order valence-electron chi connectivity index (χ1n) is 9.62. The zero-order valence-corrected chi connectivity index (χ0v) is 16.2. The minimum absolute atomic E-state index is 0. The second-order valence-corrected chi connectivity index (χ2v) is 5.91. The fourth-order valence-electron chi connectivity index (χ4n) is 2.48. The van der Waals surface area contributed by atoms with Crippen molar-refractivity contribution < 1.29 is 26.5 Å². The van der Waals surface area contributed by atoms with Crippen LogP contribution in [0, 0.1) is 12.4 Å². The summed E-state index contributed by atoms with van der Waals surface area (Å²) < 4.78 is 33.0. The molecule has 7 heteroatoms. The van der Waals surface area contributed by atoms with E-state index in [1.165, 1.54) is 9.36 Å². The van der Waals surface area contributed by atoms with E-state index in [1.807, 2.05) is 38.1 Å². The van der Waals surface area contributed by atoms with Crippen molar-refractivity contribution in [3.05, 3.63) is 84.6 Å². The first kappa shape index (κ1) is 13.6. The van der Waals surface area contributed by atoms with Crippen LogP contribution in [0.4, 0.5) is 0 Å². The fraction of sp³-hybridized carbons (Fsp3) is 0.158. The molecule has 0 unspecified atom stereocenters. The van der Waals surface area contributed by atoms with Gasteiger partial charge in [0.05, 0.1) is 11.6 Å². The van der Waals surface area contributed by atoms with Crippen molar-refractivity contribution >= 4 is 0 Å². The Balaban J connectivity index is 0.00000256. The van der Waals surface area contributed by atoms with Crippen LogP contribution in [-0.2, 0) is 26.5 Å². The minimum atomic E-state index is -0.590. The van der Waals surface area contributed by atoms with Gasteiger partial charge in [-0.3, -0.25) is 20.2 Å². The topological polar surface area (TPSA) is 61.4 Å². The third-order valence-electron chi connectivity index (χ3n) is 3.92. The molecule has 0 spiro atoms.